The number of cyclic esters (lactones) is 2. The lowest BCUT2D eigenvalue weighted by molar-refractivity contribution is -0.163. The molecule has 414 valence electrons. The highest BCUT2D eigenvalue weighted by Gasteiger charge is 2.45. The van der Waals surface area contributed by atoms with Crippen LogP contribution in [0.25, 0.3) is 0 Å². The number of ether oxygens (including phenoxy) is 3. The van der Waals surface area contributed by atoms with Gasteiger partial charge in [0.15, 0.2) is 11.9 Å². The third-order valence-electron chi connectivity index (χ3n) is 14.7. The van der Waals surface area contributed by atoms with E-state index in [9.17, 15) is 48.3 Å². The number of esters is 2. The number of Topliss-reactive ketones (excluding diaryl/α,β-unsaturated/α-hetero) is 1. The van der Waals surface area contributed by atoms with E-state index in [4.69, 9.17) is 14.2 Å². The van der Waals surface area contributed by atoms with Gasteiger partial charge in [0, 0.05) is 27.1 Å². The molecule has 4 rings (SSSR count). The Bertz CT molecular complexity index is 2130. The van der Waals surface area contributed by atoms with Gasteiger partial charge in [-0.2, -0.15) is 0 Å². The Labute approximate surface area is 437 Å². The predicted molar refractivity (Wildman–Crippen MR) is 275 cm³/mol. The Balaban J connectivity index is 1.88. The Morgan fingerprint density at radius 3 is 2.12 bits per heavy atom. The van der Waals surface area contributed by atoms with Gasteiger partial charge in [-0.25, -0.2) is 4.79 Å². The maximum Gasteiger partial charge on any atom is 0.329 e. The lowest BCUT2D eigenvalue weighted by atomic mass is 9.91. The number of carbonyl (C=O) groups excluding carboxylic acids is 9. The number of fused-ring (bicyclic) bond motifs is 1. The summed E-state index contributed by atoms with van der Waals surface area (Å²) in [5.41, 5.74) is 0.604. The zero-order valence-electron chi connectivity index (χ0n) is 45.9. The third kappa shape index (κ3) is 15.9. The molecule has 3 aliphatic rings. The fourth-order valence-electron chi connectivity index (χ4n) is 9.90. The number of benzene rings is 1. The van der Waals surface area contributed by atoms with Crippen molar-refractivity contribution >= 4 is 53.2 Å². The molecule has 12 atom stereocenters. The average Bonchev–Trinajstić information content (AvgIpc) is 4.09. The van der Waals surface area contributed by atoms with Crippen LogP contribution in [0.4, 0.5) is 0 Å². The van der Waals surface area contributed by atoms with Crippen LogP contribution in [-0.4, -0.2) is 168 Å². The lowest BCUT2D eigenvalue weighted by Crippen LogP contribution is -2.62. The zero-order valence-corrected chi connectivity index (χ0v) is 45.9. The van der Waals surface area contributed by atoms with E-state index in [1.165, 1.54) is 49.8 Å². The van der Waals surface area contributed by atoms with Crippen LogP contribution in [0, 0.1) is 29.6 Å². The SMILES string of the molecule is CC[C@H](C)[C@H]1NC(=O)[C@@H](NC(=O)[C@@H](CC(C)C)N(C)C(=O)C2CCCN2)[C@@H](C)OC(=O)[C@H](Cc2ccc(OC)cc2)N(C)C(=O)[C@@H]2CCCN2C(=O)[C@H](CC(C)C)NC(=O)[C@@H](C)C(=O)[C@H](C(C)C)OC(=O)C[C@@H]1O. The molecule has 3 heterocycles. The fourth-order valence-corrected chi connectivity index (χ4v) is 9.90. The van der Waals surface area contributed by atoms with Gasteiger partial charge in [-0.15, -0.1) is 0 Å². The number of carbonyl (C=O) groups is 9. The second-order valence-electron chi connectivity index (χ2n) is 21.7. The first-order valence-corrected chi connectivity index (χ1v) is 26.5. The number of nitrogens with one attached hydrogen (secondary N) is 4. The quantitative estimate of drug-likeness (QED) is 0.133. The maximum absolute atomic E-state index is 14.9. The van der Waals surface area contributed by atoms with E-state index in [-0.39, 0.29) is 50.0 Å². The molecule has 5 N–H and O–H groups in total. The molecule has 1 unspecified atom stereocenters. The van der Waals surface area contributed by atoms with Gasteiger partial charge in [0.25, 0.3) is 0 Å². The third-order valence-corrected chi connectivity index (χ3v) is 14.7. The molecule has 20 heteroatoms. The minimum atomic E-state index is -1.67. The molecule has 0 saturated carbocycles. The fraction of sp³-hybridized carbons (Fsp3) is 0.722. The molecule has 0 spiro atoms. The van der Waals surface area contributed by atoms with Crippen LogP contribution in [0.5, 0.6) is 5.75 Å². The van der Waals surface area contributed by atoms with Crippen molar-refractivity contribution in [2.24, 2.45) is 29.6 Å². The minimum absolute atomic E-state index is 0.0893. The van der Waals surface area contributed by atoms with Crippen molar-refractivity contribution in [2.75, 3.05) is 34.3 Å². The molecule has 0 radical (unpaired) electrons. The van der Waals surface area contributed by atoms with E-state index in [0.717, 1.165) is 6.42 Å². The first-order valence-electron chi connectivity index (χ1n) is 26.5. The van der Waals surface area contributed by atoms with Crippen molar-refractivity contribution in [3.05, 3.63) is 29.8 Å². The highest BCUT2D eigenvalue weighted by molar-refractivity contribution is 6.05. The molecule has 0 aliphatic carbocycles. The summed E-state index contributed by atoms with van der Waals surface area (Å²) < 4.78 is 17.2. The van der Waals surface area contributed by atoms with Gasteiger partial charge in [0.2, 0.25) is 35.4 Å². The number of methoxy groups -OCH3 is 1. The monoisotopic (exact) mass is 1040 g/mol. The number of rotatable bonds is 14. The second kappa shape index (κ2) is 27.8. The van der Waals surface area contributed by atoms with Gasteiger partial charge in [-0.1, -0.05) is 73.9 Å². The van der Waals surface area contributed by atoms with Crippen LogP contribution in [0.1, 0.15) is 126 Å². The van der Waals surface area contributed by atoms with Gasteiger partial charge < -0.3 is 55.3 Å². The summed E-state index contributed by atoms with van der Waals surface area (Å²) in [6, 6.07) is -1.16. The summed E-state index contributed by atoms with van der Waals surface area (Å²) in [5, 5.41) is 23.3. The number of likely N-dealkylation sites (N-methyl/N-ethyl adjacent to an activating group) is 2. The molecule has 0 aromatic heterocycles. The normalized spacial score (nSPS) is 28.3. The molecule has 3 fully saturated rings. The first-order chi connectivity index (χ1) is 34.8. The number of ketones is 1. The van der Waals surface area contributed by atoms with E-state index in [1.807, 2.05) is 34.6 Å². The van der Waals surface area contributed by atoms with Crippen LogP contribution >= 0.6 is 0 Å². The first kappa shape index (κ1) is 60.9. The van der Waals surface area contributed by atoms with Crippen molar-refractivity contribution in [1.82, 2.24) is 36.0 Å². The number of hydrogen-bond donors (Lipinski definition) is 5. The van der Waals surface area contributed by atoms with Crippen molar-refractivity contribution in [3.8, 4) is 5.75 Å². The largest absolute Gasteiger partial charge is 0.497 e. The highest BCUT2D eigenvalue weighted by Crippen LogP contribution is 2.26. The topological polar surface area (TPSA) is 259 Å². The van der Waals surface area contributed by atoms with E-state index >= 15 is 0 Å². The predicted octanol–water partition coefficient (Wildman–Crippen LogP) is 2.70. The maximum atomic E-state index is 14.9. The van der Waals surface area contributed by atoms with Gasteiger partial charge in [0.05, 0.1) is 37.6 Å². The van der Waals surface area contributed by atoms with Crippen molar-refractivity contribution in [1.29, 1.82) is 0 Å². The molecule has 1 aromatic rings. The summed E-state index contributed by atoms with van der Waals surface area (Å²) in [6.45, 7) is 17.9. The van der Waals surface area contributed by atoms with E-state index in [2.05, 4.69) is 21.3 Å². The summed E-state index contributed by atoms with van der Waals surface area (Å²) in [6.07, 6.45) is -2.50. The van der Waals surface area contributed by atoms with Gasteiger partial charge in [-0.05, 0) is 100 Å². The summed E-state index contributed by atoms with van der Waals surface area (Å²) in [5.74, 6) is -8.71. The minimum Gasteiger partial charge on any atom is -0.497 e. The number of hydrogen-bond acceptors (Lipinski definition) is 14. The Hall–Kier alpha value is -5.63. The number of aliphatic hydroxyl groups is 1. The molecule has 74 heavy (non-hydrogen) atoms. The van der Waals surface area contributed by atoms with Crippen LogP contribution < -0.4 is 26.0 Å². The number of aliphatic hydroxyl groups excluding tert-OH is 1. The Morgan fingerprint density at radius 2 is 1.55 bits per heavy atom. The van der Waals surface area contributed by atoms with Gasteiger partial charge in [0.1, 0.15) is 42.1 Å². The van der Waals surface area contributed by atoms with Crippen LogP contribution in [0.2, 0.25) is 0 Å². The molecule has 0 bridgehead atoms. The van der Waals surface area contributed by atoms with Crippen molar-refractivity contribution < 1.29 is 62.5 Å². The van der Waals surface area contributed by atoms with Gasteiger partial charge >= 0.3 is 11.9 Å². The van der Waals surface area contributed by atoms with Crippen molar-refractivity contribution in [3.63, 3.8) is 0 Å². The van der Waals surface area contributed by atoms with E-state index < -0.39 is 132 Å². The second-order valence-corrected chi connectivity index (χ2v) is 21.7. The van der Waals surface area contributed by atoms with E-state index in [0.29, 0.717) is 37.1 Å². The van der Waals surface area contributed by atoms with Crippen LogP contribution in [0.15, 0.2) is 24.3 Å². The van der Waals surface area contributed by atoms with Crippen LogP contribution in [-0.2, 0) is 59.0 Å². The number of nitrogens with zero attached hydrogens (tertiary/aromatic N) is 3. The molecular formula is C54H85N7O13. The Morgan fingerprint density at radius 1 is 0.892 bits per heavy atom. The molecule has 1 aromatic carbocycles. The molecule has 3 aliphatic heterocycles. The molecule has 3 saturated heterocycles. The average molecular weight is 1040 g/mol. The van der Waals surface area contributed by atoms with Crippen LogP contribution in [0.3, 0.4) is 0 Å². The van der Waals surface area contributed by atoms with Crippen molar-refractivity contribution in [2.45, 2.75) is 188 Å². The zero-order chi connectivity index (χ0) is 55.3. The standard InChI is InChI=1S/C54H85N7O13/c1-14-32(8)44-42(62)28-43(63)74-47(31(6)7)46(64)33(9)48(65)56-38(25-29(2)3)52(69)61-24-16-18-39(61)53(70)60(12)41(27-35-19-21-36(72-13)22-20-35)54(71)73-34(10)45(50(67)57-44)58-49(66)40(26-30(4)5)59(11)51(68)37-17-15-23-55-37/h19-22,29-34,37-42,44-45,47,55,62H,14-18,23-28H2,1-13H3,(H,56,65)(H,57,67)(H,58,66)/t32-,33-,34+,37?,38-,39-,40+,41-,42-,44+,45-,47-/m0/s1. The molecule has 6 amide bonds. The smallest absolute Gasteiger partial charge is 0.329 e. The number of amides is 6. The van der Waals surface area contributed by atoms with Gasteiger partial charge in [-0.3, -0.25) is 38.4 Å². The van der Waals surface area contributed by atoms with E-state index in [1.54, 1.807) is 45.0 Å². The molecule has 20 nitrogen and oxygen atoms in total. The molecular weight excluding hydrogens is 955 g/mol. The summed E-state index contributed by atoms with van der Waals surface area (Å²) in [7, 11) is 4.46. The Kier molecular flexibility index (Phi) is 22.9. The highest BCUT2D eigenvalue weighted by atomic mass is 16.6. The summed E-state index contributed by atoms with van der Waals surface area (Å²) in [4.78, 5) is 133. The lowest BCUT2D eigenvalue weighted by Gasteiger charge is -2.36. The summed E-state index contributed by atoms with van der Waals surface area (Å²) >= 11 is 0.